The lowest BCUT2D eigenvalue weighted by atomic mass is 10.1. The molecule has 0 bridgehead atoms. The fourth-order valence-electron chi connectivity index (χ4n) is 2.22. The van der Waals surface area contributed by atoms with Crippen LogP contribution in [0.5, 0.6) is 0 Å². The van der Waals surface area contributed by atoms with Gasteiger partial charge in [-0.25, -0.2) is 4.79 Å². The quantitative estimate of drug-likeness (QED) is 0.747. The second-order valence-electron chi connectivity index (χ2n) is 5.48. The van der Waals surface area contributed by atoms with Crippen molar-refractivity contribution < 1.29 is 9.59 Å². The van der Waals surface area contributed by atoms with Crippen LogP contribution in [-0.2, 0) is 11.3 Å². The lowest BCUT2D eigenvalue weighted by Gasteiger charge is -2.09. The standard InChI is InChI=1S/C16H16N6O2S/c1-10-3-4-13(11(2)7-10)17-16(24)18-14(23)8-22-20-15(19-21-22)12-5-6-25-9-12/h3-7,9H,8H2,1-2H3,(H2,17,18,23,24). The van der Waals surface area contributed by atoms with E-state index in [-0.39, 0.29) is 6.54 Å². The van der Waals surface area contributed by atoms with Gasteiger partial charge in [0.1, 0.15) is 6.54 Å². The molecule has 0 unspecified atom stereocenters. The highest BCUT2D eigenvalue weighted by Crippen LogP contribution is 2.17. The van der Waals surface area contributed by atoms with Crippen molar-refractivity contribution in [2.24, 2.45) is 0 Å². The average molecular weight is 356 g/mol. The van der Waals surface area contributed by atoms with Crippen molar-refractivity contribution in [2.45, 2.75) is 20.4 Å². The number of amides is 3. The number of hydrogen-bond acceptors (Lipinski definition) is 6. The summed E-state index contributed by atoms with van der Waals surface area (Å²) in [7, 11) is 0. The minimum absolute atomic E-state index is 0.197. The van der Waals surface area contributed by atoms with Crippen LogP contribution in [0, 0.1) is 13.8 Å². The van der Waals surface area contributed by atoms with Gasteiger partial charge in [-0.2, -0.15) is 16.1 Å². The van der Waals surface area contributed by atoms with Gasteiger partial charge in [0, 0.05) is 16.6 Å². The van der Waals surface area contributed by atoms with Crippen molar-refractivity contribution in [1.82, 2.24) is 25.5 Å². The van der Waals surface area contributed by atoms with Gasteiger partial charge in [0.2, 0.25) is 5.82 Å². The molecule has 128 valence electrons. The molecule has 0 spiro atoms. The molecule has 8 nitrogen and oxygen atoms in total. The van der Waals surface area contributed by atoms with Gasteiger partial charge in [0.25, 0.3) is 5.91 Å². The van der Waals surface area contributed by atoms with E-state index in [4.69, 9.17) is 0 Å². The predicted octanol–water partition coefficient (Wildman–Crippen LogP) is 2.37. The number of imide groups is 1. The molecule has 9 heteroatoms. The van der Waals surface area contributed by atoms with Gasteiger partial charge >= 0.3 is 6.03 Å². The first-order valence-corrected chi connectivity index (χ1v) is 8.44. The second-order valence-corrected chi connectivity index (χ2v) is 6.26. The molecular formula is C16H16N6O2S. The molecule has 2 aromatic heterocycles. The van der Waals surface area contributed by atoms with Gasteiger partial charge in [-0.3, -0.25) is 10.1 Å². The number of hydrogen-bond donors (Lipinski definition) is 2. The zero-order valence-electron chi connectivity index (χ0n) is 13.7. The smallest absolute Gasteiger partial charge is 0.307 e. The lowest BCUT2D eigenvalue weighted by molar-refractivity contribution is -0.120. The summed E-state index contributed by atoms with van der Waals surface area (Å²) in [4.78, 5) is 25.0. The molecule has 0 saturated carbocycles. The van der Waals surface area contributed by atoms with E-state index in [1.165, 1.54) is 11.3 Å². The van der Waals surface area contributed by atoms with Crippen LogP contribution in [0.15, 0.2) is 35.0 Å². The van der Waals surface area contributed by atoms with Crippen LogP contribution < -0.4 is 10.6 Å². The summed E-state index contributed by atoms with van der Waals surface area (Å²) in [6.07, 6.45) is 0. The third kappa shape index (κ3) is 4.27. The normalized spacial score (nSPS) is 10.5. The van der Waals surface area contributed by atoms with Gasteiger partial charge in [0.15, 0.2) is 0 Å². The lowest BCUT2D eigenvalue weighted by Crippen LogP contribution is -2.37. The molecule has 0 atom stereocenters. The number of tetrazole rings is 1. The molecular weight excluding hydrogens is 340 g/mol. The molecule has 1 aromatic carbocycles. The third-order valence-corrected chi connectivity index (χ3v) is 4.08. The van der Waals surface area contributed by atoms with Crippen LogP contribution in [0.1, 0.15) is 11.1 Å². The van der Waals surface area contributed by atoms with Gasteiger partial charge in [-0.15, -0.1) is 10.2 Å². The molecule has 0 aliphatic rings. The number of rotatable bonds is 4. The zero-order chi connectivity index (χ0) is 17.8. The highest BCUT2D eigenvalue weighted by atomic mass is 32.1. The van der Waals surface area contributed by atoms with E-state index in [9.17, 15) is 9.59 Å². The summed E-state index contributed by atoms with van der Waals surface area (Å²) in [6.45, 7) is 3.66. The molecule has 0 aliphatic heterocycles. The van der Waals surface area contributed by atoms with Crippen LogP contribution in [0.4, 0.5) is 10.5 Å². The van der Waals surface area contributed by atoms with Gasteiger partial charge in [-0.05, 0) is 42.1 Å². The largest absolute Gasteiger partial charge is 0.325 e. The molecule has 0 radical (unpaired) electrons. The molecule has 3 amide bonds. The summed E-state index contributed by atoms with van der Waals surface area (Å²) in [5, 5.41) is 20.5. The number of aromatic nitrogens is 4. The van der Waals surface area contributed by atoms with E-state index in [2.05, 4.69) is 26.0 Å². The van der Waals surface area contributed by atoms with Crippen LogP contribution in [-0.4, -0.2) is 32.1 Å². The summed E-state index contributed by atoms with van der Waals surface area (Å²) in [5.41, 5.74) is 3.50. The van der Waals surface area contributed by atoms with Crippen LogP contribution in [0.25, 0.3) is 11.4 Å². The maximum atomic E-state index is 11.9. The highest BCUT2D eigenvalue weighted by molar-refractivity contribution is 7.08. The van der Waals surface area contributed by atoms with E-state index < -0.39 is 11.9 Å². The first-order valence-electron chi connectivity index (χ1n) is 7.50. The summed E-state index contributed by atoms with van der Waals surface area (Å²) in [5.74, 6) is -0.0923. The number of urea groups is 1. The van der Waals surface area contributed by atoms with E-state index in [0.29, 0.717) is 11.5 Å². The fraction of sp³-hybridized carbons (Fsp3) is 0.188. The number of anilines is 1. The maximum absolute atomic E-state index is 11.9. The average Bonchev–Trinajstić information content (AvgIpc) is 3.21. The number of aryl methyl sites for hydroxylation is 2. The number of nitrogens with zero attached hydrogens (tertiary/aromatic N) is 4. The molecule has 0 fully saturated rings. The number of carbonyl (C=O) groups is 2. The Bertz CT molecular complexity index is 903. The summed E-state index contributed by atoms with van der Waals surface area (Å²) in [6, 6.07) is 6.89. The summed E-state index contributed by atoms with van der Waals surface area (Å²) >= 11 is 1.52. The monoisotopic (exact) mass is 356 g/mol. The number of carbonyl (C=O) groups excluding carboxylic acids is 2. The number of nitrogens with one attached hydrogen (secondary N) is 2. The van der Waals surface area contributed by atoms with Gasteiger partial charge in [-0.1, -0.05) is 17.7 Å². The summed E-state index contributed by atoms with van der Waals surface area (Å²) < 4.78 is 0. The van der Waals surface area contributed by atoms with Crippen molar-refractivity contribution in [1.29, 1.82) is 0 Å². The predicted molar refractivity (Wildman–Crippen MR) is 94.2 cm³/mol. The van der Waals surface area contributed by atoms with Gasteiger partial charge in [0.05, 0.1) is 0 Å². The van der Waals surface area contributed by atoms with Crippen molar-refractivity contribution in [3.05, 3.63) is 46.2 Å². The Hall–Kier alpha value is -3.07. The topological polar surface area (TPSA) is 102 Å². The van der Waals surface area contributed by atoms with E-state index in [1.807, 2.05) is 42.8 Å². The minimum atomic E-state index is -0.602. The molecule has 0 saturated heterocycles. The molecule has 3 aromatic rings. The van der Waals surface area contributed by atoms with Crippen LogP contribution in [0.3, 0.4) is 0 Å². The maximum Gasteiger partial charge on any atom is 0.325 e. The Morgan fingerprint density at radius 3 is 2.80 bits per heavy atom. The Morgan fingerprint density at radius 2 is 2.08 bits per heavy atom. The Balaban J connectivity index is 1.56. The molecule has 2 heterocycles. The van der Waals surface area contributed by atoms with Crippen molar-refractivity contribution >= 4 is 29.0 Å². The van der Waals surface area contributed by atoms with E-state index in [1.54, 1.807) is 6.07 Å². The first kappa shape index (κ1) is 16.8. The zero-order valence-corrected chi connectivity index (χ0v) is 14.5. The first-order chi connectivity index (χ1) is 12.0. The van der Waals surface area contributed by atoms with Gasteiger partial charge < -0.3 is 5.32 Å². The third-order valence-electron chi connectivity index (χ3n) is 3.40. The fourth-order valence-corrected chi connectivity index (χ4v) is 2.85. The molecule has 0 aliphatic carbocycles. The highest BCUT2D eigenvalue weighted by Gasteiger charge is 2.13. The Labute approximate surface area is 147 Å². The molecule has 25 heavy (non-hydrogen) atoms. The molecule has 3 rings (SSSR count). The minimum Gasteiger partial charge on any atom is -0.307 e. The van der Waals surface area contributed by atoms with E-state index >= 15 is 0 Å². The second kappa shape index (κ2) is 7.22. The Kier molecular flexibility index (Phi) is 4.85. The molecule has 2 N–H and O–H groups in total. The van der Waals surface area contributed by atoms with Crippen molar-refractivity contribution in [3.63, 3.8) is 0 Å². The van der Waals surface area contributed by atoms with E-state index in [0.717, 1.165) is 21.5 Å². The number of thiophene rings is 1. The van der Waals surface area contributed by atoms with Crippen LogP contribution >= 0.6 is 11.3 Å². The van der Waals surface area contributed by atoms with Crippen molar-refractivity contribution in [3.8, 4) is 11.4 Å². The van der Waals surface area contributed by atoms with Crippen LogP contribution in [0.2, 0.25) is 0 Å². The Morgan fingerprint density at radius 1 is 1.24 bits per heavy atom. The van der Waals surface area contributed by atoms with Crippen molar-refractivity contribution in [2.75, 3.05) is 5.32 Å². The number of benzene rings is 1. The SMILES string of the molecule is Cc1ccc(NC(=O)NC(=O)Cn2nnc(-c3ccsc3)n2)c(C)c1.